The van der Waals surface area contributed by atoms with Gasteiger partial charge < -0.3 is 0 Å². The van der Waals surface area contributed by atoms with Gasteiger partial charge >= 0.3 is 0 Å². The maximum Gasteiger partial charge on any atom is 0.262 e. The van der Waals surface area contributed by atoms with Crippen LogP contribution in [-0.2, 0) is 20.0 Å². The highest BCUT2D eigenvalue weighted by molar-refractivity contribution is 7.92. The third-order valence-corrected chi connectivity index (χ3v) is 11.0. The number of benzene rings is 2. The molecule has 4 fully saturated rings. The van der Waals surface area contributed by atoms with Gasteiger partial charge in [-0.25, -0.2) is 21.6 Å². The Labute approximate surface area is 197 Å². The highest BCUT2D eigenvalue weighted by Gasteiger charge is 2.52. The summed E-state index contributed by atoms with van der Waals surface area (Å²) < 4.78 is 58.1. The molecule has 6 rings (SSSR count). The average Bonchev–Trinajstić information content (AvgIpc) is 2.65. The minimum absolute atomic E-state index is 0.170. The van der Waals surface area contributed by atoms with Gasteiger partial charge in [0.1, 0.15) is 0 Å². The van der Waals surface area contributed by atoms with E-state index >= 15 is 0 Å². The Balaban J connectivity index is 1.34. The number of nitrogens with one attached hydrogen (secondary N) is 2. The summed E-state index contributed by atoms with van der Waals surface area (Å²) in [7, 11) is -7.47. The van der Waals surface area contributed by atoms with E-state index in [4.69, 9.17) is 0 Å². The Kier molecular flexibility index (Phi) is 5.42. The van der Waals surface area contributed by atoms with Gasteiger partial charge in [0.2, 0.25) is 10.0 Å². The van der Waals surface area contributed by atoms with Gasteiger partial charge in [-0.05, 0) is 112 Å². The van der Waals surface area contributed by atoms with Gasteiger partial charge in [-0.15, -0.1) is 0 Å². The molecule has 0 saturated heterocycles. The van der Waals surface area contributed by atoms with Crippen molar-refractivity contribution in [2.45, 2.75) is 74.6 Å². The molecule has 4 bridgehead atoms. The fraction of sp³-hybridized carbons (Fsp3) is 0.520. The van der Waals surface area contributed by atoms with E-state index < -0.39 is 20.0 Å². The minimum Gasteiger partial charge on any atom is -0.280 e. The highest BCUT2D eigenvalue weighted by atomic mass is 32.2. The molecule has 33 heavy (non-hydrogen) atoms. The molecule has 4 saturated carbocycles. The smallest absolute Gasteiger partial charge is 0.262 e. The van der Waals surface area contributed by atoms with Crippen molar-refractivity contribution in [3.63, 3.8) is 0 Å². The quantitative estimate of drug-likeness (QED) is 0.619. The van der Waals surface area contributed by atoms with Crippen LogP contribution in [0.1, 0.15) is 55.2 Å². The molecule has 0 aliphatic heterocycles. The van der Waals surface area contributed by atoms with E-state index in [-0.39, 0.29) is 15.3 Å². The van der Waals surface area contributed by atoms with Crippen LogP contribution in [0, 0.1) is 38.5 Å². The zero-order valence-corrected chi connectivity index (χ0v) is 21.0. The number of rotatable bonds is 6. The molecular weight excluding hydrogens is 456 g/mol. The summed E-state index contributed by atoms with van der Waals surface area (Å²) >= 11 is 0. The van der Waals surface area contributed by atoms with Crippen LogP contribution < -0.4 is 9.44 Å². The Morgan fingerprint density at radius 3 is 1.73 bits per heavy atom. The predicted molar refractivity (Wildman–Crippen MR) is 129 cm³/mol. The first-order chi connectivity index (χ1) is 15.4. The van der Waals surface area contributed by atoms with Gasteiger partial charge in [-0.2, -0.15) is 0 Å². The molecule has 0 spiro atoms. The Morgan fingerprint density at radius 1 is 0.758 bits per heavy atom. The van der Waals surface area contributed by atoms with Crippen molar-refractivity contribution >= 4 is 25.7 Å². The normalized spacial score (nSPS) is 28.8. The molecule has 0 unspecified atom stereocenters. The highest BCUT2D eigenvalue weighted by Crippen LogP contribution is 2.56. The third kappa shape index (κ3) is 4.33. The van der Waals surface area contributed by atoms with E-state index in [0.29, 0.717) is 34.6 Å². The maximum atomic E-state index is 13.2. The van der Waals surface area contributed by atoms with Crippen LogP contribution in [0.15, 0.2) is 46.2 Å². The van der Waals surface area contributed by atoms with E-state index in [1.807, 2.05) is 19.1 Å². The molecule has 4 aliphatic carbocycles. The van der Waals surface area contributed by atoms with Crippen molar-refractivity contribution in [2.75, 3.05) is 4.72 Å². The fourth-order valence-electron chi connectivity index (χ4n) is 7.08. The topological polar surface area (TPSA) is 92.3 Å². The molecule has 2 aromatic carbocycles. The fourth-order valence-corrected chi connectivity index (χ4v) is 10.0. The molecule has 0 heterocycles. The van der Waals surface area contributed by atoms with Crippen LogP contribution >= 0.6 is 0 Å². The molecule has 2 aromatic rings. The van der Waals surface area contributed by atoms with Crippen LogP contribution in [0.5, 0.6) is 0 Å². The zero-order valence-electron chi connectivity index (χ0n) is 19.4. The van der Waals surface area contributed by atoms with E-state index in [0.717, 1.165) is 24.8 Å². The summed E-state index contributed by atoms with van der Waals surface area (Å²) in [6.07, 6.45) is 6.54. The number of anilines is 1. The first-order valence-electron chi connectivity index (χ1n) is 11.7. The summed E-state index contributed by atoms with van der Waals surface area (Å²) in [6, 6.07) is 9.68. The number of aryl methyl sites for hydroxylation is 3. The molecule has 8 heteroatoms. The molecule has 178 valence electrons. The zero-order chi connectivity index (χ0) is 23.6. The van der Waals surface area contributed by atoms with Gasteiger partial charge in [0.05, 0.1) is 9.79 Å². The first-order valence-corrected chi connectivity index (χ1v) is 14.7. The minimum atomic E-state index is -3.79. The van der Waals surface area contributed by atoms with Gasteiger partial charge in [-0.3, -0.25) is 4.72 Å². The second kappa shape index (κ2) is 7.82. The van der Waals surface area contributed by atoms with Crippen molar-refractivity contribution in [2.24, 2.45) is 17.8 Å². The Hall–Kier alpha value is -1.90. The summed E-state index contributed by atoms with van der Waals surface area (Å²) in [5.74, 6) is 1.93. The second-order valence-corrected chi connectivity index (χ2v) is 14.0. The van der Waals surface area contributed by atoms with Gasteiger partial charge in [0.15, 0.2) is 0 Å². The van der Waals surface area contributed by atoms with Crippen LogP contribution in [0.2, 0.25) is 0 Å². The first kappa shape index (κ1) is 22.9. The van der Waals surface area contributed by atoms with Crippen LogP contribution in [0.4, 0.5) is 5.69 Å². The van der Waals surface area contributed by atoms with Crippen molar-refractivity contribution < 1.29 is 16.8 Å². The predicted octanol–water partition coefficient (Wildman–Crippen LogP) is 4.66. The van der Waals surface area contributed by atoms with Crippen molar-refractivity contribution in [1.29, 1.82) is 0 Å². The number of sulfonamides is 2. The standard InChI is InChI=1S/C25H32N2O4S2/c1-16-8-17(2)24(18(3)9-16)33(30,31)26-22-4-6-23(7-5-22)32(28,29)27-25-13-19-10-20(14-25)12-21(11-19)15-25/h4-9,19-21,26-27H,10-15H2,1-3H3. The molecule has 4 aliphatic rings. The number of hydrogen-bond donors (Lipinski definition) is 2. The van der Waals surface area contributed by atoms with Gasteiger partial charge in [0, 0.05) is 11.2 Å². The third-order valence-electron chi connectivity index (χ3n) is 7.68. The van der Waals surface area contributed by atoms with E-state index in [1.54, 1.807) is 13.8 Å². The lowest BCUT2D eigenvalue weighted by molar-refractivity contribution is -0.00810. The SMILES string of the molecule is Cc1cc(C)c(S(=O)(=O)Nc2ccc(S(=O)(=O)NC34CC5CC(CC(C5)C3)C4)cc2)c(C)c1. The summed E-state index contributed by atoms with van der Waals surface area (Å²) in [6.45, 7) is 5.49. The monoisotopic (exact) mass is 488 g/mol. The van der Waals surface area contributed by atoms with E-state index in [9.17, 15) is 16.8 Å². The lowest BCUT2D eigenvalue weighted by Crippen LogP contribution is -2.59. The van der Waals surface area contributed by atoms with Gasteiger partial charge in [-0.1, -0.05) is 17.7 Å². The maximum absolute atomic E-state index is 13.2. The lowest BCUT2D eigenvalue weighted by Gasteiger charge is -2.56. The average molecular weight is 489 g/mol. The molecule has 0 atom stereocenters. The van der Waals surface area contributed by atoms with Gasteiger partial charge in [0.25, 0.3) is 10.0 Å². The van der Waals surface area contributed by atoms with Crippen LogP contribution in [-0.4, -0.2) is 22.4 Å². The van der Waals surface area contributed by atoms with Crippen molar-refractivity contribution in [3.8, 4) is 0 Å². The Morgan fingerprint density at radius 2 is 1.24 bits per heavy atom. The van der Waals surface area contributed by atoms with E-state index in [1.165, 1.54) is 43.5 Å². The molecule has 0 aromatic heterocycles. The molecule has 2 N–H and O–H groups in total. The van der Waals surface area contributed by atoms with E-state index in [2.05, 4.69) is 9.44 Å². The van der Waals surface area contributed by atoms with Crippen molar-refractivity contribution in [3.05, 3.63) is 53.1 Å². The summed E-state index contributed by atoms with van der Waals surface area (Å²) in [4.78, 5) is 0.428. The molecule has 6 nitrogen and oxygen atoms in total. The molecule has 0 radical (unpaired) electrons. The van der Waals surface area contributed by atoms with Crippen LogP contribution in [0.3, 0.4) is 0 Å². The number of hydrogen-bond acceptors (Lipinski definition) is 4. The summed E-state index contributed by atoms with van der Waals surface area (Å²) in [5, 5.41) is 0. The van der Waals surface area contributed by atoms with Crippen molar-refractivity contribution in [1.82, 2.24) is 4.72 Å². The summed E-state index contributed by atoms with van der Waals surface area (Å²) in [5.41, 5.74) is 2.39. The molecular formula is C25H32N2O4S2. The largest absolute Gasteiger partial charge is 0.280 e. The Bertz CT molecular complexity index is 1240. The lowest BCUT2D eigenvalue weighted by atomic mass is 9.53. The van der Waals surface area contributed by atoms with Crippen LogP contribution in [0.25, 0.3) is 0 Å². The second-order valence-electron chi connectivity index (χ2n) is 10.7. The molecule has 0 amide bonds.